The molecule has 8 heteroatoms. The second kappa shape index (κ2) is 7.96. The number of ether oxygens (including phenoxy) is 1. The van der Waals surface area contributed by atoms with Gasteiger partial charge in [-0.15, -0.1) is 0 Å². The molecule has 27 heavy (non-hydrogen) atoms. The average molecular weight is 371 g/mol. The van der Waals surface area contributed by atoms with Gasteiger partial charge in [0.1, 0.15) is 17.6 Å². The molecule has 0 saturated carbocycles. The Balaban J connectivity index is 1.64. The van der Waals surface area contributed by atoms with E-state index < -0.39 is 23.7 Å². The summed E-state index contributed by atoms with van der Waals surface area (Å²) in [6, 6.07) is 10.8. The molecule has 2 aromatic rings. The number of nitrogens with zero attached hydrogens (tertiary/aromatic N) is 1. The second-order valence-electron chi connectivity index (χ2n) is 5.86. The van der Waals surface area contributed by atoms with Crippen LogP contribution in [-0.4, -0.2) is 30.4 Å². The summed E-state index contributed by atoms with van der Waals surface area (Å²) in [6.07, 6.45) is -0.102. The lowest BCUT2D eigenvalue weighted by Gasteiger charge is -2.16. The number of nitrogens with one attached hydrogen (secondary N) is 2. The highest BCUT2D eigenvalue weighted by atomic mass is 19.1. The van der Waals surface area contributed by atoms with Crippen LogP contribution >= 0.6 is 0 Å². The van der Waals surface area contributed by atoms with Gasteiger partial charge in [-0.2, -0.15) is 0 Å². The molecular weight excluding hydrogens is 353 g/mol. The van der Waals surface area contributed by atoms with Crippen molar-refractivity contribution < 1.29 is 23.5 Å². The predicted octanol–water partition coefficient (Wildman–Crippen LogP) is 1.79. The lowest BCUT2D eigenvalue weighted by atomic mass is 10.2. The fourth-order valence-electron chi connectivity index (χ4n) is 2.73. The monoisotopic (exact) mass is 371 g/mol. The Labute approximate surface area is 155 Å². The molecule has 0 aliphatic carbocycles. The summed E-state index contributed by atoms with van der Waals surface area (Å²) >= 11 is 0. The number of anilines is 1. The van der Waals surface area contributed by atoms with E-state index in [4.69, 9.17) is 4.74 Å². The number of hydrazine groups is 1. The first kappa shape index (κ1) is 18.5. The number of halogens is 1. The Kier molecular flexibility index (Phi) is 5.46. The van der Waals surface area contributed by atoms with Crippen LogP contribution in [0.25, 0.3) is 0 Å². The largest absolute Gasteiger partial charge is 0.494 e. The number of imide groups is 1. The number of hydrogen-bond acceptors (Lipinski definition) is 5. The first-order valence-corrected chi connectivity index (χ1v) is 8.40. The molecule has 1 fully saturated rings. The molecule has 2 aromatic carbocycles. The van der Waals surface area contributed by atoms with Crippen molar-refractivity contribution in [3.05, 3.63) is 59.9 Å². The zero-order valence-electron chi connectivity index (χ0n) is 14.6. The summed E-state index contributed by atoms with van der Waals surface area (Å²) in [5.41, 5.74) is 5.42. The Bertz CT molecular complexity index is 870. The summed E-state index contributed by atoms with van der Waals surface area (Å²) in [5, 5.41) is 0. The number of rotatable bonds is 6. The quantitative estimate of drug-likeness (QED) is 0.597. The topological polar surface area (TPSA) is 87.7 Å². The molecule has 0 spiro atoms. The van der Waals surface area contributed by atoms with E-state index in [0.29, 0.717) is 18.0 Å². The van der Waals surface area contributed by atoms with Crippen molar-refractivity contribution in [1.29, 1.82) is 0 Å². The first-order chi connectivity index (χ1) is 13.0. The Hall–Kier alpha value is -3.26. The lowest BCUT2D eigenvalue weighted by molar-refractivity contribution is -0.121. The molecule has 0 radical (unpaired) electrons. The smallest absolute Gasteiger partial charge is 0.265 e. The molecular formula is C19H18FN3O4. The van der Waals surface area contributed by atoms with Crippen molar-refractivity contribution >= 4 is 23.4 Å². The minimum atomic E-state index is -0.901. The molecule has 140 valence electrons. The van der Waals surface area contributed by atoms with Gasteiger partial charge in [-0.3, -0.25) is 19.8 Å². The predicted molar refractivity (Wildman–Crippen MR) is 95.5 cm³/mol. The Morgan fingerprint density at radius 1 is 1.22 bits per heavy atom. The van der Waals surface area contributed by atoms with Crippen molar-refractivity contribution in [3.63, 3.8) is 0 Å². The molecule has 0 aromatic heterocycles. The first-order valence-electron chi connectivity index (χ1n) is 8.40. The molecule has 1 aliphatic heterocycles. The molecule has 1 atom stereocenters. The highest BCUT2D eigenvalue weighted by molar-refractivity contribution is 6.22. The van der Waals surface area contributed by atoms with E-state index in [1.54, 1.807) is 24.3 Å². The summed E-state index contributed by atoms with van der Waals surface area (Å²) in [4.78, 5) is 37.9. The highest BCUT2D eigenvalue weighted by Crippen LogP contribution is 2.25. The van der Waals surface area contributed by atoms with E-state index in [-0.39, 0.29) is 17.9 Å². The summed E-state index contributed by atoms with van der Waals surface area (Å²) in [5.74, 6) is -1.38. The maximum absolute atomic E-state index is 13.2. The molecule has 0 unspecified atom stereocenters. The van der Waals surface area contributed by atoms with Gasteiger partial charge in [0.05, 0.1) is 18.7 Å². The van der Waals surface area contributed by atoms with E-state index in [2.05, 4.69) is 10.9 Å². The van der Waals surface area contributed by atoms with Gasteiger partial charge in [0.25, 0.3) is 11.8 Å². The maximum atomic E-state index is 13.2. The third kappa shape index (κ3) is 4.12. The van der Waals surface area contributed by atoms with E-state index >= 15 is 0 Å². The number of carbonyl (C=O) groups excluding carboxylic acids is 3. The van der Waals surface area contributed by atoms with E-state index in [9.17, 15) is 18.8 Å². The van der Waals surface area contributed by atoms with Gasteiger partial charge in [0.2, 0.25) is 5.91 Å². The third-order valence-corrected chi connectivity index (χ3v) is 4.00. The number of benzene rings is 2. The number of hydrogen-bond donors (Lipinski definition) is 2. The average Bonchev–Trinajstić information content (AvgIpc) is 2.94. The number of carbonyl (C=O) groups is 3. The van der Waals surface area contributed by atoms with Crippen LogP contribution in [0.4, 0.5) is 10.1 Å². The van der Waals surface area contributed by atoms with Crippen LogP contribution < -0.4 is 20.5 Å². The highest BCUT2D eigenvalue weighted by Gasteiger charge is 2.39. The molecule has 3 rings (SSSR count). The van der Waals surface area contributed by atoms with Crippen molar-refractivity contribution in [1.82, 2.24) is 10.9 Å². The lowest BCUT2D eigenvalue weighted by Crippen LogP contribution is -2.48. The molecule has 0 bridgehead atoms. The van der Waals surface area contributed by atoms with Crippen LogP contribution in [0.15, 0.2) is 48.5 Å². The fraction of sp³-hybridized carbons (Fsp3) is 0.211. The van der Waals surface area contributed by atoms with Gasteiger partial charge in [-0.05, 0) is 49.4 Å². The van der Waals surface area contributed by atoms with E-state index in [1.165, 1.54) is 18.2 Å². The van der Waals surface area contributed by atoms with Gasteiger partial charge >= 0.3 is 0 Å². The molecule has 1 saturated heterocycles. The fourth-order valence-corrected chi connectivity index (χ4v) is 2.73. The van der Waals surface area contributed by atoms with Gasteiger partial charge < -0.3 is 4.74 Å². The van der Waals surface area contributed by atoms with Gasteiger partial charge in [-0.1, -0.05) is 6.07 Å². The Morgan fingerprint density at radius 3 is 2.63 bits per heavy atom. The summed E-state index contributed by atoms with van der Waals surface area (Å²) in [6.45, 7) is 2.37. The molecule has 7 nitrogen and oxygen atoms in total. The van der Waals surface area contributed by atoms with Crippen LogP contribution in [0.2, 0.25) is 0 Å². The van der Waals surface area contributed by atoms with Crippen LogP contribution in [-0.2, 0) is 9.59 Å². The van der Waals surface area contributed by atoms with Crippen LogP contribution in [0.3, 0.4) is 0 Å². The molecule has 3 amide bonds. The Morgan fingerprint density at radius 2 is 1.96 bits per heavy atom. The minimum Gasteiger partial charge on any atom is -0.494 e. The minimum absolute atomic E-state index is 0.0997. The third-order valence-electron chi connectivity index (χ3n) is 4.00. The molecule has 1 heterocycles. The number of amides is 3. The van der Waals surface area contributed by atoms with Crippen LogP contribution in [0, 0.1) is 5.82 Å². The van der Waals surface area contributed by atoms with Crippen LogP contribution in [0.5, 0.6) is 5.75 Å². The zero-order chi connectivity index (χ0) is 19.4. The maximum Gasteiger partial charge on any atom is 0.265 e. The van der Waals surface area contributed by atoms with Gasteiger partial charge in [-0.25, -0.2) is 14.7 Å². The standard InChI is InChI=1S/C19H18FN3O4/c1-2-27-15-8-6-14(7-9-15)23-17(24)11-16(19(23)26)21-22-18(25)12-4-3-5-13(20)10-12/h3-10,16,21H,2,11H2,1H3,(H,22,25)/t16-/m1/s1. The SMILES string of the molecule is CCOc1ccc(N2C(=O)C[C@@H](NNC(=O)c3cccc(F)c3)C2=O)cc1. The normalized spacial score (nSPS) is 16.5. The van der Waals surface area contributed by atoms with Gasteiger partial charge in [0, 0.05) is 5.56 Å². The van der Waals surface area contributed by atoms with E-state index in [1.807, 2.05) is 6.92 Å². The van der Waals surface area contributed by atoms with Gasteiger partial charge in [0.15, 0.2) is 0 Å². The molecule has 2 N–H and O–H groups in total. The second-order valence-corrected chi connectivity index (χ2v) is 5.86. The summed E-state index contributed by atoms with van der Waals surface area (Å²) in [7, 11) is 0. The van der Waals surface area contributed by atoms with Crippen molar-refractivity contribution in [2.45, 2.75) is 19.4 Å². The van der Waals surface area contributed by atoms with Crippen molar-refractivity contribution in [3.8, 4) is 5.75 Å². The summed E-state index contributed by atoms with van der Waals surface area (Å²) < 4.78 is 18.5. The van der Waals surface area contributed by atoms with Crippen molar-refractivity contribution in [2.75, 3.05) is 11.5 Å². The van der Waals surface area contributed by atoms with E-state index in [0.717, 1.165) is 11.0 Å². The zero-order valence-corrected chi connectivity index (χ0v) is 14.6. The van der Waals surface area contributed by atoms with Crippen LogP contribution in [0.1, 0.15) is 23.7 Å². The van der Waals surface area contributed by atoms with Crippen molar-refractivity contribution in [2.24, 2.45) is 0 Å². The molecule has 1 aliphatic rings.